The van der Waals surface area contributed by atoms with E-state index >= 15 is 0 Å². The Morgan fingerprint density at radius 3 is 1.68 bits per heavy atom. The van der Waals surface area contributed by atoms with E-state index in [-0.39, 0.29) is 5.92 Å². The topological polar surface area (TPSA) is 52.9 Å². The van der Waals surface area contributed by atoms with Gasteiger partial charge in [-0.05, 0) is 79.0 Å². The van der Waals surface area contributed by atoms with E-state index in [9.17, 15) is 10.2 Å². The Balaban J connectivity index is 2.00. The first-order chi connectivity index (χ1) is 14.9. The summed E-state index contributed by atoms with van der Waals surface area (Å²) in [4.78, 5) is 2.09. The van der Waals surface area contributed by atoms with Gasteiger partial charge in [0.2, 0.25) is 0 Å². The lowest BCUT2D eigenvalue weighted by atomic mass is 9.83. The molecule has 0 aliphatic heterocycles. The second kappa shape index (κ2) is 10.4. The molecule has 0 aliphatic rings. The fourth-order valence-electron chi connectivity index (χ4n) is 3.82. The third-order valence-electron chi connectivity index (χ3n) is 5.66. The molecule has 0 bridgehead atoms. The van der Waals surface area contributed by atoms with E-state index in [1.165, 1.54) is 0 Å². The highest BCUT2D eigenvalue weighted by atomic mass is 16.5. The first-order valence-electron chi connectivity index (χ1n) is 10.9. The summed E-state index contributed by atoms with van der Waals surface area (Å²) in [5, 5.41) is 20.4. The molecule has 3 rings (SSSR count). The molecule has 0 fully saturated rings. The average Bonchev–Trinajstić information content (AvgIpc) is 2.77. The Bertz CT molecular complexity index is 942. The molecule has 0 aliphatic carbocycles. The molecule has 31 heavy (non-hydrogen) atoms. The standard InChI is InChI=1S/C27H33NO3/c1-5-19-17-22(9-13-25(19)29)27(23-10-14-26(30)20(6-2)18-23)21-7-11-24(12-8-21)31-16-15-28(3)4/h7-14,17-18,27,29-30H,5-6,15-16H2,1-4H3. The van der Waals surface area contributed by atoms with Gasteiger partial charge >= 0.3 is 0 Å². The van der Waals surface area contributed by atoms with Crippen molar-refractivity contribution in [2.75, 3.05) is 27.2 Å². The number of aryl methyl sites for hydroxylation is 2. The van der Waals surface area contributed by atoms with Crippen molar-refractivity contribution in [2.24, 2.45) is 0 Å². The fraction of sp³-hybridized carbons (Fsp3) is 0.333. The summed E-state index contributed by atoms with van der Waals surface area (Å²) in [7, 11) is 4.06. The van der Waals surface area contributed by atoms with Crippen LogP contribution in [0.1, 0.15) is 47.6 Å². The van der Waals surface area contributed by atoms with E-state index in [0.717, 1.165) is 53.0 Å². The van der Waals surface area contributed by atoms with Crippen LogP contribution < -0.4 is 4.74 Å². The number of rotatable bonds is 9. The number of phenolic OH excluding ortho intramolecular Hbond substituents is 2. The Labute approximate surface area is 185 Å². The summed E-state index contributed by atoms with van der Waals surface area (Å²) < 4.78 is 5.86. The zero-order valence-electron chi connectivity index (χ0n) is 18.9. The molecule has 0 aromatic heterocycles. The van der Waals surface area contributed by atoms with Crippen LogP contribution in [0.25, 0.3) is 0 Å². The van der Waals surface area contributed by atoms with Gasteiger partial charge in [0, 0.05) is 12.5 Å². The van der Waals surface area contributed by atoms with Crippen LogP contribution in [0.5, 0.6) is 17.2 Å². The minimum Gasteiger partial charge on any atom is -0.508 e. The second-order valence-electron chi connectivity index (χ2n) is 8.14. The number of hydrogen-bond acceptors (Lipinski definition) is 4. The molecule has 0 saturated carbocycles. The van der Waals surface area contributed by atoms with Crippen LogP contribution in [0.15, 0.2) is 60.7 Å². The summed E-state index contributed by atoms with van der Waals surface area (Å²) >= 11 is 0. The van der Waals surface area contributed by atoms with Crippen molar-refractivity contribution in [2.45, 2.75) is 32.6 Å². The number of nitrogens with zero attached hydrogens (tertiary/aromatic N) is 1. The number of hydrogen-bond donors (Lipinski definition) is 2. The molecule has 0 spiro atoms. The van der Waals surface area contributed by atoms with Crippen molar-refractivity contribution in [1.82, 2.24) is 4.90 Å². The summed E-state index contributed by atoms with van der Waals surface area (Å²) in [6.45, 7) is 5.60. The van der Waals surface area contributed by atoms with Gasteiger partial charge in [-0.25, -0.2) is 0 Å². The predicted molar refractivity (Wildman–Crippen MR) is 126 cm³/mol. The quantitative estimate of drug-likeness (QED) is 0.460. The van der Waals surface area contributed by atoms with Gasteiger partial charge in [0.05, 0.1) is 0 Å². The molecule has 0 unspecified atom stereocenters. The van der Waals surface area contributed by atoms with Crippen LogP contribution in [0.3, 0.4) is 0 Å². The third kappa shape index (κ3) is 5.59. The molecule has 4 nitrogen and oxygen atoms in total. The van der Waals surface area contributed by atoms with Crippen molar-refractivity contribution < 1.29 is 14.9 Å². The highest BCUT2D eigenvalue weighted by Crippen LogP contribution is 2.36. The molecule has 0 radical (unpaired) electrons. The zero-order chi connectivity index (χ0) is 22.4. The Morgan fingerprint density at radius 1 is 0.742 bits per heavy atom. The number of ether oxygens (including phenoxy) is 1. The number of benzene rings is 3. The number of aromatic hydroxyl groups is 2. The number of phenols is 2. The lowest BCUT2D eigenvalue weighted by Gasteiger charge is -2.21. The Hall–Kier alpha value is -2.98. The van der Waals surface area contributed by atoms with Gasteiger partial charge in [-0.1, -0.05) is 50.2 Å². The highest BCUT2D eigenvalue weighted by Gasteiger charge is 2.19. The molecule has 2 N–H and O–H groups in total. The molecule has 164 valence electrons. The van der Waals surface area contributed by atoms with Crippen LogP contribution >= 0.6 is 0 Å². The first-order valence-corrected chi connectivity index (χ1v) is 10.9. The summed E-state index contributed by atoms with van der Waals surface area (Å²) in [5.41, 5.74) is 5.23. The minimum atomic E-state index is -0.00683. The van der Waals surface area contributed by atoms with E-state index in [1.807, 2.05) is 52.2 Å². The lowest BCUT2D eigenvalue weighted by Crippen LogP contribution is -2.19. The van der Waals surface area contributed by atoms with Gasteiger partial charge in [0.1, 0.15) is 23.9 Å². The molecule has 3 aromatic carbocycles. The molecule has 3 aromatic rings. The van der Waals surface area contributed by atoms with E-state index in [2.05, 4.69) is 29.2 Å². The number of likely N-dealkylation sites (N-methyl/N-ethyl adjacent to an activating group) is 1. The van der Waals surface area contributed by atoms with Crippen molar-refractivity contribution in [3.8, 4) is 17.2 Å². The van der Waals surface area contributed by atoms with Crippen molar-refractivity contribution >= 4 is 0 Å². The Kier molecular flexibility index (Phi) is 7.59. The van der Waals surface area contributed by atoms with E-state index in [1.54, 1.807) is 12.1 Å². The SMILES string of the molecule is CCc1cc(C(c2ccc(OCCN(C)C)cc2)c2ccc(O)c(CC)c2)ccc1O. The van der Waals surface area contributed by atoms with Crippen molar-refractivity contribution in [3.63, 3.8) is 0 Å². The lowest BCUT2D eigenvalue weighted by molar-refractivity contribution is 0.261. The van der Waals surface area contributed by atoms with E-state index < -0.39 is 0 Å². The van der Waals surface area contributed by atoms with E-state index in [0.29, 0.717) is 18.1 Å². The van der Waals surface area contributed by atoms with Crippen molar-refractivity contribution in [1.29, 1.82) is 0 Å². The van der Waals surface area contributed by atoms with Gasteiger partial charge in [-0.15, -0.1) is 0 Å². The highest BCUT2D eigenvalue weighted by molar-refractivity contribution is 5.50. The zero-order valence-corrected chi connectivity index (χ0v) is 18.9. The average molecular weight is 420 g/mol. The van der Waals surface area contributed by atoms with Crippen LogP contribution in [-0.2, 0) is 12.8 Å². The van der Waals surface area contributed by atoms with Gasteiger partial charge in [0.25, 0.3) is 0 Å². The van der Waals surface area contributed by atoms with Crippen LogP contribution in [-0.4, -0.2) is 42.4 Å². The molecular weight excluding hydrogens is 386 g/mol. The van der Waals surface area contributed by atoms with Gasteiger partial charge < -0.3 is 19.8 Å². The monoisotopic (exact) mass is 419 g/mol. The molecule has 4 heteroatoms. The van der Waals surface area contributed by atoms with Gasteiger partial charge in [-0.3, -0.25) is 0 Å². The van der Waals surface area contributed by atoms with Gasteiger partial charge in [0.15, 0.2) is 0 Å². The smallest absolute Gasteiger partial charge is 0.119 e. The maximum atomic E-state index is 10.2. The summed E-state index contributed by atoms with van der Waals surface area (Å²) in [6.07, 6.45) is 1.53. The molecule has 0 amide bonds. The van der Waals surface area contributed by atoms with Gasteiger partial charge in [-0.2, -0.15) is 0 Å². The maximum absolute atomic E-state index is 10.2. The molecule has 0 saturated heterocycles. The Morgan fingerprint density at radius 2 is 1.23 bits per heavy atom. The first kappa shape index (κ1) is 22.7. The third-order valence-corrected chi connectivity index (χ3v) is 5.66. The van der Waals surface area contributed by atoms with Crippen LogP contribution in [0.2, 0.25) is 0 Å². The minimum absolute atomic E-state index is 0.00683. The van der Waals surface area contributed by atoms with Crippen LogP contribution in [0.4, 0.5) is 0 Å². The molecule has 0 atom stereocenters. The normalized spacial score (nSPS) is 11.3. The predicted octanol–water partition coefficient (Wildman–Crippen LogP) is 5.34. The van der Waals surface area contributed by atoms with Crippen molar-refractivity contribution in [3.05, 3.63) is 88.5 Å². The maximum Gasteiger partial charge on any atom is 0.119 e. The molecular formula is C27H33NO3. The summed E-state index contributed by atoms with van der Waals surface area (Å²) in [6, 6.07) is 19.9. The fourth-order valence-corrected chi connectivity index (χ4v) is 3.82. The van der Waals surface area contributed by atoms with E-state index in [4.69, 9.17) is 4.74 Å². The second-order valence-corrected chi connectivity index (χ2v) is 8.14. The largest absolute Gasteiger partial charge is 0.508 e. The summed E-state index contributed by atoms with van der Waals surface area (Å²) in [5.74, 6) is 1.50. The molecule has 0 heterocycles. The van der Waals surface area contributed by atoms with Crippen LogP contribution in [0, 0.1) is 0 Å².